The number of ether oxygens (including phenoxy) is 2. The number of aryl methyl sites for hydroxylation is 1. The van der Waals surface area contributed by atoms with Gasteiger partial charge in [0.15, 0.2) is 0 Å². The van der Waals surface area contributed by atoms with Crippen LogP contribution in [0, 0.1) is 18.8 Å². The Bertz CT molecular complexity index is 1820. The van der Waals surface area contributed by atoms with E-state index >= 15 is 4.79 Å². The van der Waals surface area contributed by atoms with E-state index in [9.17, 15) is 19.5 Å². The van der Waals surface area contributed by atoms with Crippen LogP contribution in [-0.2, 0) is 35.1 Å². The second kappa shape index (κ2) is 16.5. The second-order valence-corrected chi connectivity index (χ2v) is 14.4. The molecule has 10 nitrogen and oxygen atoms in total. The maximum absolute atomic E-state index is 15.2. The van der Waals surface area contributed by atoms with E-state index in [4.69, 9.17) is 21.1 Å². The number of nitrogens with zero attached hydrogens (tertiary/aromatic N) is 2. The van der Waals surface area contributed by atoms with Gasteiger partial charge in [0.1, 0.15) is 18.2 Å². The van der Waals surface area contributed by atoms with Crippen LogP contribution in [0.2, 0.25) is 5.02 Å². The van der Waals surface area contributed by atoms with Crippen molar-refractivity contribution in [2.75, 3.05) is 24.7 Å². The predicted octanol–water partition coefficient (Wildman–Crippen LogP) is 5.51. The molecule has 0 unspecified atom stereocenters. The number of amides is 3. The highest BCUT2D eigenvalue weighted by molar-refractivity contribution is 6.34. The lowest BCUT2D eigenvalue weighted by Crippen LogP contribution is -2.59. The van der Waals surface area contributed by atoms with Crippen molar-refractivity contribution in [3.05, 3.63) is 126 Å². The quantitative estimate of drug-likeness (QED) is 0.147. The zero-order valence-electron chi connectivity index (χ0n) is 29.9. The highest BCUT2D eigenvalue weighted by Crippen LogP contribution is 2.59. The molecular formula is C42H46ClN3O7. The summed E-state index contributed by atoms with van der Waals surface area (Å²) in [5, 5.41) is 14.3. The number of benzene rings is 3. The van der Waals surface area contributed by atoms with Crippen LogP contribution in [0.3, 0.4) is 0 Å². The molecule has 11 heteroatoms. The monoisotopic (exact) mass is 739 g/mol. The molecule has 53 heavy (non-hydrogen) atoms. The largest absolute Gasteiger partial charge is 0.463 e. The number of hydrogen-bond donors (Lipinski definition) is 2. The number of hydrogen-bond acceptors (Lipinski definition) is 7. The van der Waals surface area contributed by atoms with E-state index in [0.29, 0.717) is 30.0 Å². The number of esters is 1. The minimum absolute atomic E-state index is 0.1000. The highest BCUT2D eigenvalue weighted by Gasteiger charge is 2.75. The molecular weight excluding hydrogens is 694 g/mol. The summed E-state index contributed by atoms with van der Waals surface area (Å²) in [5.74, 6) is -3.67. The number of nitrogens with one attached hydrogen (secondary N) is 1. The molecule has 1 spiro atoms. The third-order valence-corrected chi connectivity index (χ3v) is 11.0. The number of anilines is 1. The average molecular weight is 740 g/mol. The molecule has 3 aromatic carbocycles. The average Bonchev–Trinajstić information content (AvgIpc) is 3.82. The third kappa shape index (κ3) is 7.40. The fraction of sp³-hybridized carbons (Fsp3) is 0.381. The number of carbonyl (C=O) groups is 4. The Morgan fingerprint density at radius 1 is 1.08 bits per heavy atom. The Morgan fingerprint density at radius 2 is 1.79 bits per heavy atom. The van der Waals surface area contributed by atoms with Gasteiger partial charge in [-0.3, -0.25) is 19.2 Å². The molecule has 3 amide bonds. The highest BCUT2D eigenvalue weighted by atomic mass is 35.5. The molecule has 0 aliphatic carbocycles. The van der Waals surface area contributed by atoms with E-state index in [-0.39, 0.29) is 26.0 Å². The van der Waals surface area contributed by atoms with E-state index in [1.165, 1.54) is 9.80 Å². The summed E-state index contributed by atoms with van der Waals surface area (Å²) in [7, 11) is 0. The number of rotatable bonds is 16. The lowest BCUT2D eigenvalue weighted by Gasteiger charge is -2.39. The predicted molar refractivity (Wildman–Crippen MR) is 202 cm³/mol. The van der Waals surface area contributed by atoms with Crippen molar-refractivity contribution < 1.29 is 33.8 Å². The van der Waals surface area contributed by atoms with Gasteiger partial charge >= 0.3 is 5.97 Å². The molecule has 3 aliphatic heterocycles. The van der Waals surface area contributed by atoms with Gasteiger partial charge < -0.3 is 29.7 Å². The Hall–Kier alpha value is -4.77. The number of fused-ring (bicyclic) bond motifs is 1. The van der Waals surface area contributed by atoms with E-state index in [1.54, 1.807) is 24.3 Å². The van der Waals surface area contributed by atoms with Crippen molar-refractivity contribution in [3.63, 3.8) is 0 Å². The summed E-state index contributed by atoms with van der Waals surface area (Å²) in [4.78, 5) is 60.1. The van der Waals surface area contributed by atoms with Gasteiger partial charge in [-0.1, -0.05) is 96.5 Å². The summed E-state index contributed by atoms with van der Waals surface area (Å²) in [6.45, 7) is 8.97. The Labute approximate surface area is 315 Å². The van der Waals surface area contributed by atoms with Gasteiger partial charge in [0.25, 0.3) is 5.91 Å². The van der Waals surface area contributed by atoms with Crippen molar-refractivity contribution in [1.29, 1.82) is 0 Å². The lowest BCUT2D eigenvalue weighted by atomic mass is 9.70. The number of halogens is 1. The van der Waals surface area contributed by atoms with Gasteiger partial charge in [-0.25, -0.2) is 0 Å². The van der Waals surface area contributed by atoms with Crippen molar-refractivity contribution in [2.45, 2.75) is 68.9 Å². The molecule has 3 aliphatic rings. The zero-order valence-corrected chi connectivity index (χ0v) is 30.6. The molecule has 2 N–H and O–H groups in total. The zero-order chi connectivity index (χ0) is 37.7. The molecule has 3 heterocycles. The Balaban J connectivity index is 1.38. The third-order valence-electron chi connectivity index (χ3n) is 10.7. The van der Waals surface area contributed by atoms with Crippen molar-refractivity contribution in [2.24, 2.45) is 11.8 Å². The Morgan fingerprint density at radius 3 is 2.45 bits per heavy atom. The summed E-state index contributed by atoms with van der Waals surface area (Å²) in [6, 6.07) is 21.3. The van der Waals surface area contributed by atoms with Gasteiger partial charge in [0.2, 0.25) is 11.8 Å². The van der Waals surface area contributed by atoms with Crippen molar-refractivity contribution in [3.8, 4) is 0 Å². The first-order valence-corrected chi connectivity index (χ1v) is 18.5. The number of likely N-dealkylation sites (tertiary alicyclic amines) is 1. The molecule has 3 fully saturated rings. The molecule has 0 saturated carbocycles. The van der Waals surface area contributed by atoms with Crippen LogP contribution >= 0.6 is 11.6 Å². The molecule has 2 bridgehead atoms. The number of aliphatic hydroxyl groups excluding tert-OH is 1. The fourth-order valence-corrected chi connectivity index (χ4v) is 8.70. The second-order valence-electron chi connectivity index (χ2n) is 14.0. The molecule has 0 aromatic heterocycles. The standard InChI is InChI=1S/C42H46ClN3O7/c1-4-6-20-34(48)52-26-32(29-17-11-8-12-18-29)44-39(49)35-33-21-22-42(53-33)36(35)40(50)46(30(25-47)24-28-15-9-7-10-16-28)38(42)41(51)45(23-5-2)37-27(3)14-13-19-31(37)43/h4-5,7-19,30,32-33,35-36,38,47H,1-2,6,20-26H2,3H3,(H,44,49)/t30-,32+,33+,35-,36-,38+,42-/m1/s1. The summed E-state index contributed by atoms with van der Waals surface area (Å²) >= 11 is 6.73. The number of allylic oxidation sites excluding steroid dienone is 1. The van der Waals surface area contributed by atoms with Crippen molar-refractivity contribution >= 4 is 41.0 Å². The van der Waals surface area contributed by atoms with E-state index in [1.807, 2.05) is 73.7 Å². The molecule has 7 atom stereocenters. The molecule has 3 saturated heterocycles. The van der Waals surface area contributed by atoms with E-state index < -0.39 is 72.0 Å². The van der Waals surface area contributed by atoms with Crippen LogP contribution in [0.1, 0.15) is 48.4 Å². The van der Waals surface area contributed by atoms with Crippen LogP contribution < -0.4 is 10.2 Å². The van der Waals surface area contributed by atoms with Crippen molar-refractivity contribution in [1.82, 2.24) is 10.2 Å². The fourth-order valence-electron chi connectivity index (χ4n) is 8.38. The van der Waals surface area contributed by atoms with Crippen LogP contribution in [0.4, 0.5) is 5.69 Å². The Kier molecular flexibility index (Phi) is 11.8. The van der Waals surface area contributed by atoms with Gasteiger partial charge in [0, 0.05) is 13.0 Å². The van der Waals surface area contributed by atoms with Crippen LogP contribution in [0.15, 0.2) is 104 Å². The van der Waals surface area contributed by atoms with Crippen LogP contribution in [0.25, 0.3) is 0 Å². The first-order valence-electron chi connectivity index (χ1n) is 18.1. The number of aliphatic hydroxyl groups is 1. The van der Waals surface area contributed by atoms with E-state index in [0.717, 1.165) is 16.7 Å². The summed E-state index contributed by atoms with van der Waals surface area (Å²) < 4.78 is 12.3. The van der Waals surface area contributed by atoms with Crippen LogP contribution in [0.5, 0.6) is 0 Å². The smallest absolute Gasteiger partial charge is 0.306 e. The number of para-hydroxylation sites is 1. The van der Waals surface area contributed by atoms with E-state index in [2.05, 4.69) is 18.5 Å². The molecule has 278 valence electrons. The molecule has 6 rings (SSSR count). The molecule has 3 aromatic rings. The summed E-state index contributed by atoms with van der Waals surface area (Å²) in [6.07, 6.45) is 4.30. The normalized spacial score (nSPS) is 23.9. The maximum Gasteiger partial charge on any atom is 0.306 e. The summed E-state index contributed by atoms with van der Waals surface area (Å²) in [5.41, 5.74) is 1.50. The van der Waals surface area contributed by atoms with Gasteiger partial charge in [-0.05, 0) is 55.4 Å². The topological polar surface area (TPSA) is 125 Å². The molecule has 0 radical (unpaired) electrons. The minimum atomic E-state index is -1.35. The van der Waals surface area contributed by atoms with Gasteiger partial charge in [0.05, 0.1) is 47.3 Å². The minimum Gasteiger partial charge on any atom is -0.463 e. The van der Waals surface area contributed by atoms with Gasteiger partial charge in [-0.2, -0.15) is 0 Å². The first kappa shape index (κ1) is 38.0. The van der Waals surface area contributed by atoms with Crippen LogP contribution in [-0.4, -0.2) is 77.2 Å². The maximum atomic E-state index is 15.2. The first-order chi connectivity index (χ1) is 25.6. The number of carbonyl (C=O) groups excluding carboxylic acids is 4. The van der Waals surface area contributed by atoms with Gasteiger partial charge in [-0.15, -0.1) is 13.2 Å². The SMILES string of the molecule is C=CCCC(=O)OC[C@H](NC(=O)[C@@H]1[C@@H]2CC[C@]3(O2)[C@H](C(=O)N(CC=C)c2c(C)cccc2Cl)N([C@@H](CO)Cc2ccccc2)C(=O)[C@@H]13)c1ccccc1. The lowest BCUT2D eigenvalue weighted by molar-refractivity contribution is -0.146.